The number of benzene rings is 1. The Bertz CT molecular complexity index is 488. The molecule has 0 fully saturated rings. The molecule has 2 rings (SSSR count). The van der Waals surface area contributed by atoms with Crippen molar-refractivity contribution in [3.05, 3.63) is 48.3 Å². The van der Waals surface area contributed by atoms with E-state index in [1.807, 2.05) is 48.0 Å². The van der Waals surface area contributed by atoms with Gasteiger partial charge in [-0.3, -0.25) is 4.79 Å². The summed E-state index contributed by atoms with van der Waals surface area (Å²) in [6.07, 6.45) is 2.70. The molecule has 0 aliphatic heterocycles. The average Bonchev–Trinajstić information content (AvgIpc) is 2.78. The number of ether oxygens (including phenoxy) is 1. The zero-order valence-corrected chi connectivity index (χ0v) is 9.09. The van der Waals surface area contributed by atoms with Crippen molar-refractivity contribution in [3.8, 4) is 11.4 Å². The van der Waals surface area contributed by atoms with E-state index in [0.29, 0.717) is 12.3 Å². The van der Waals surface area contributed by atoms with Crippen LogP contribution in [0.3, 0.4) is 0 Å². The summed E-state index contributed by atoms with van der Waals surface area (Å²) in [5.41, 5.74) is 1.56. The lowest BCUT2D eigenvalue weighted by Crippen LogP contribution is -1.98. The van der Waals surface area contributed by atoms with E-state index in [0.717, 1.165) is 17.7 Å². The number of hydrogen-bond acceptors (Lipinski definition) is 2. The topological polar surface area (TPSA) is 31.2 Å². The second-order valence-corrected chi connectivity index (χ2v) is 3.35. The Morgan fingerprint density at radius 2 is 2.19 bits per heavy atom. The molecule has 0 saturated carbocycles. The summed E-state index contributed by atoms with van der Waals surface area (Å²) >= 11 is 0. The van der Waals surface area contributed by atoms with Gasteiger partial charge in [0.25, 0.3) is 0 Å². The molecule has 0 aliphatic rings. The minimum Gasteiger partial charge on any atom is -0.494 e. The van der Waals surface area contributed by atoms with Gasteiger partial charge in [-0.1, -0.05) is 6.07 Å². The van der Waals surface area contributed by atoms with Crippen molar-refractivity contribution in [2.24, 2.45) is 0 Å². The zero-order chi connectivity index (χ0) is 11.4. The second kappa shape index (κ2) is 4.66. The molecule has 0 radical (unpaired) electrons. The average molecular weight is 215 g/mol. The van der Waals surface area contributed by atoms with Gasteiger partial charge in [0, 0.05) is 18.0 Å². The van der Waals surface area contributed by atoms with Crippen LogP contribution in [-0.2, 0) is 0 Å². The zero-order valence-electron chi connectivity index (χ0n) is 9.09. The van der Waals surface area contributed by atoms with Crippen LogP contribution in [0.5, 0.6) is 5.75 Å². The number of hydrogen-bond donors (Lipinski definition) is 0. The summed E-state index contributed by atoms with van der Waals surface area (Å²) in [5, 5.41) is 0. The smallest absolute Gasteiger partial charge is 0.166 e. The van der Waals surface area contributed by atoms with E-state index >= 15 is 0 Å². The van der Waals surface area contributed by atoms with Crippen molar-refractivity contribution >= 4 is 6.29 Å². The van der Waals surface area contributed by atoms with Crippen LogP contribution in [0.4, 0.5) is 0 Å². The lowest BCUT2D eigenvalue weighted by atomic mass is 10.3. The van der Waals surface area contributed by atoms with Crippen molar-refractivity contribution in [2.75, 3.05) is 6.61 Å². The van der Waals surface area contributed by atoms with Crippen LogP contribution in [0.2, 0.25) is 0 Å². The monoisotopic (exact) mass is 215 g/mol. The number of carbonyl (C=O) groups is 1. The highest BCUT2D eigenvalue weighted by atomic mass is 16.5. The van der Waals surface area contributed by atoms with E-state index < -0.39 is 0 Å². The molecule has 0 saturated heterocycles. The van der Waals surface area contributed by atoms with Crippen LogP contribution in [0.25, 0.3) is 5.69 Å². The van der Waals surface area contributed by atoms with E-state index in [9.17, 15) is 4.79 Å². The highest BCUT2D eigenvalue weighted by Crippen LogP contribution is 2.18. The van der Waals surface area contributed by atoms with Crippen molar-refractivity contribution in [2.45, 2.75) is 6.92 Å². The second-order valence-electron chi connectivity index (χ2n) is 3.35. The fourth-order valence-electron chi connectivity index (χ4n) is 1.62. The maximum absolute atomic E-state index is 10.8. The van der Waals surface area contributed by atoms with Gasteiger partial charge in [-0.15, -0.1) is 0 Å². The molecule has 0 bridgehead atoms. The van der Waals surface area contributed by atoms with E-state index in [4.69, 9.17) is 4.74 Å². The van der Waals surface area contributed by atoms with Gasteiger partial charge in [-0.05, 0) is 31.2 Å². The van der Waals surface area contributed by atoms with Crippen LogP contribution >= 0.6 is 0 Å². The van der Waals surface area contributed by atoms with Crippen molar-refractivity contribution < 1.29 is 9.53 Å². The molecule has 0 atom stereocenters. The summed E-state index contributed by atoms with van der Waals surface area (Å²) in [6.45, 7) is 2.58. The minimum absolute atomic E-state index is 0.633. The first-order chi connectivity index (χ1) is 7.85. The van der Waals surface area contributed by atoms with Crippen LogP contribution in [0, 0.1) is 0 Å². The van der Waals surface area contributed by atoms with Gasteiger partial charge in [-0.2, -0.15) is 0 Å². The molecule has 82 valence electrons. The summed E-state index contributed by atoms with van der Waals surface area (Å²) in [7, 11) is 0. The molecular formula is C13H13NO2. The van der Waals surface area contributed by atoms with Gasteiger partial charge < -0.3 is 9.30 Å². The molecule has 1 aromatic heterocycles. The molecule has 1 heterocycles. The predicted octanol–water partition coefficient (Wildman–Crippen LogP) is 2.69. The van der Waals surface area contributed by atoms with Crippen LogP contribution in [0.15, 0.2) is 42.6 Å². The fraction of sp³-hybridized carbons (Fsp3) is 0.154. The predicted molar refractivity (Wildman–Crippen MR) is 62.3 cm³/mol. The molecule has 1 aromatic carbocycles. The highest BCUT2D eigenvalue weighted by molar-refractivity contribution is 5.73. The largest absolute Gasteiger partial charge is 0.494 e. The standard InChI is InChI=1S/C13H13NO2/c1-2-16-13-7-3-5-11(9-13)14-8-4-6-12(14)10-15/h3-10H,2H2,1H3. The number of aldehydes is 1. The van der Waals surface area contributed by atoms with E-state index in [2.05, 4.69) is 0 Å². The maximum atomic E-state index is 10.8. The maximum Gasteiger partial charge on any atom is 0.166 e. The summed E-state index contributed by atoms with van der Waals surface area (Å²) in [5.74, 6) is 0.811. The number of aromatic nitrogens is 1. The quantitative estimate of drug-likeness (QED) is 0.734. The molecule has 0 spiro atoms. The molecule has 0 N–H and O–H groups in total. The first kappa shape index (κ1) is 10.5. The molecule has 0 amide bonds. The van der Waals surface area contributed by atoms with Gasteiger partial charge in [0.2, 0.25) is 0 Å². The summed E-state index contributed by atoms with van der Waals surface area (Å²) < 4.78 is 7.25. The lowest BCUT2D eigenvalue weighted by Gasteiger charge is -2.08. The molecule has 3 nitrogen and oxygen atoms in total. The Morgan fingerprint density at radius 3 is 2.94 bits per heavy atom. The van der Waals surface area contributed by atoms with Crippen molar-refractivity contribution in [3.63, 3.8) is 0 Å². The minimum atomic E-state index is 0.633. The third-order valence-electron chi connectivity index (χ3n) is 2.31. The normalized spacial score (nSPS) is 10.1. The van der Waals surface area contributed by atoms with Gasteiger partial charge in [0.15, 0.2) is 6.29 Å². The summed E-state index contributed by atoms with van der Waals surface area (Å²) in [4.78, 5) is 10.8. The summed E-state index contributed by atoms with van der Waals surface area (Å²) in [6, 6.07) is 11.3. The molecule has 0 unspecified atom stereocenters. The van der Waals surface area contributed by atoms with Gasteiger partial charge in [0.1, 0.15) is 5.75 Å². The van der Waals surface area contributed by atoms with E-state index in [-0.39, 0.29) is 0 Å². The van der Waals surface area contributed by atoms with Crippen LogP contribution < -0.4 is 4.74 Å². The highest BCUT2D eigenvalue weighted by Gasteiger charge is 2.02. The first-order valence-corrected chi connectivity index (χ1v) is 5.21. The Kier molecular flexibility index (Phi) is 3.05. The van der Waals surface area contributed by atoms with Gasteiger partial charge >= 0.3 is 0 Å². The Balaban J connectivity index is 2.40. The first-order valence-electron chi connectivity index (χ1n) is 5.21. The van der Waals surface area contributed by atoms with Crippen LogP contribution in [-0.4, -0.2) is 17.5 Å². The van der Waals surface area contributed by atoms with E-state index in [1.54, 1.807) is 6.07 Å². The third kappa shape index (κ3) is 1.98. The molecule has 0 aliphatic carbocycles. The lowest BCUT2D eigenvalue weighted by molar-refractivity contribution is 0.111. The Hall–Kier alpha value is -2.03. The van der Waals surface area contributed by atoms with Gasteiger partial charge in [-0.25, -0.2) is 0 Å². The number of nitrogens with zero attached hydrogens (tertiary/aromatic N) is 1. The Labute approximate surface area is 94.3 Å². The number of carbonyl (C=O) groups excluding carboxylic acids is 1. The third-order valence-corrected chi connectivity index (χ3v) is 2.31. The molecular weight excluding hydrogens is 202 g/mol. The fourth-order valence-corrected chi connectivity index (χ4v) is 1.62. The van der Waals surface area contributed by atoms with Crippen LogP contribution in [0.1, 0.15) is 17.4 Å². The molecule has 16 heavy (non-hydrogen) atoms. The van der Waals surface area contributed by atoms with Crippen molar-refractivity contribution in [1.82, 2.24) is 4.57 Å². The molecule has 3 heteroatoms. The molecule has 2 aromatic rings. The SMILES string of the molecule is CCOc1cccc(-n2cccc2C=O)c1. The number of rotatable bonds is 4. The Morgan fingerprint density at radius 1 is 1.31 bits per heavy atom. The van der Waals surface area contributed by atoms with Crippen molar-refractivity contribution in [1.29, 1.82) is 0 Å². The van der Waals surface area contributed by atoms with Gasteiger partial charge in [0.05, 0.1) is 12.3 Å². The van der Waals surface area contributed by atoms with E-state index in [1.165, 1.54) is 0 Å².